The minimum Gasteiger partial charge on any atom is -0.369 e. The van der Waals surface area contributed by atoms with Crippen LogP contribution in [0.15, 0.2) is 23.1 Å². The fraction of sp³-hybridized carbons (Fsp3) is 0.538. The molecule has 1 heterocycles. The van der Waals surface area contributed by atoms with Crippen LogP contribution < -0.4 is 4.90 Å². The Balaban J connectivity index is 2.08. The average molecular weight is 236 g/mol. The minimum absolute atomic E-state index is 1.05. The van der Waals surface area contributed by atoms with Crippen molar-refractivity contribution in [1.82, 2.24) is 4.90 Å². The van der Waals surface area contributed by atoms with Gasteiger partial charge in [0.2, 0.25) is 0 Å². The van der Waals surface area contributed by atoms with Crippen molar-refractivity contribution in [1.29, 1.82) is 0 Å². The van der Waals surface area contributed by atoms with E-state index in [2.05, 4.69) is 54.5 Å². The summed E-state index contributed by atoms with van der Waals surface area (Å²) in [7, 11) is 0. The summed E-state index contributed by atoms with van der Waals surface area (Å²) in [6.45, 7) is 10.2. The molecular formula is C13H20N2S. The molecule has 0 spiro atoms. The molecule has 0 unspecified atom stereocenters. The number of aryl methyl sites for hydroxylation is 1. The van der Waals surface area contributed by atoms with Gasteiger partial charge < -0.3 is 9.80 Å². The lowest BCUT2D eigenvalue weighted by Crippen LogP contribution is -2.46. The van der Waals surface area contributed by atoms with E-state index in [0.717, 1.165) is 18.0 Å². The SMILES string of the molecule is CCN1CCN(c2ccc(S)cc2C)CC1. The van der Waals surface area contributed by atoms with Crippen molar-refractivity contribution in [3.05, 3.63) is 23.8 Å². The Kier molecular flexibility index (Phi) is 3.77. The number of hydrogen-bond donors (Lipinski definition) is 1. The molecule has 1 aliphatic rings. The molecule has 1 aromatic rings. The number of anilines is 1. The Labute approximate surface area is 104 Å². The van der Waals surface area contributed by atoms with E-state index in [0.29, 0.717) is 0 Å². The average Bonchev–Trinajstić information content (AvgIpc) is 2.29. The molecule has 2 rings (SSSR count). The fourth-order valence-corrected chi connectivity index (χ4v) is 2.57. The van der Waals surface area contributed by atoms with Crippen molar-refractivity contribution < 1.29 is 0 Å². The third kappa shape index (κ3) is 2.53. The fourth-order valence-electron chi connectivity index (χ4n) is 2.30. The van der Waals surface area contributed by atoms with E-state index >= 15 is 0 Å². The summed E-state index contributed by atoms with van der Waals surface area (Å²) in [5, 5.41) is 0. The number of likely N-dealkylation sites (N-methyl/N-ethyl adjacent to an activating group) is 1. The predicted molar refractivity (Wildman–Crippen MR) is 72.8 cm³/mol. The molecule has 0 atom stereocenters. The summed E-state index contributed by atoms with van der Waals surface area (Å²) in [6, 6.07) is 6.42. The van der Waals surface area contributed by atoms with Gasteiger partial charge in [-0.3, -0.25) is 0 Å². The molecule has 1 saturated heterocycles. The molecular weight excluding hydrogens is 216 g/mol. The topological polar surface area (TPSA) is 6.48 Å². The van der Waals surface area contributed by atoms with Crippen molar-refractivity contribution in [3.63, 3.8) is 0 Å². The summed E-state index contributed by atoms with van der Waals surface area (Å²) in [5.74, 6) is 0. The minimum atomic E-state index is 1.05. The smallest absolute Gasteiger partial charge is 0.0397 e. The van der Waals surface area contributed by atoms with Crippen LogP contribution in [0.5, 0.6) is 0 Å². The van der Waals surface area contributed by atoms with Crippen LogP contribution in [0.3, 0.4) is 0 Å². The molecule has 0 N–H and O–H groups in total. The van der Waals surface area contributed by atoms with E-state index in [1.165, 1.54) is 30.9 Å². The Morgan fingerprint density at radius 1 is 1.19 bits per heavy atom. The number of hydrogen-bond acceptors (Lipinski definition) is 3. The zero-order valence-electron chi connectivity index (χ0n) is 10.1. The first-order chi connectivity index (χ1) is 7.70. The highest BCUT2D eigenvalue weighted by Crippen LogP contribution is 2.23. The maximum absolute atomic E-state index is 4.37. The van der Waals surface area contributed by atoms with Crippen molar-refractivity contribution in [3.8, 4) is 0 Å². The largest absolute Gasteiger partial charge is 0.369 e. The first-order valence-corrected chi connectivity index (χ1v) is 6.42. The molecule has 16 heavy (non-hydrogen) atoms. The van der Waals surface area contributed by atoms with Crippen LogP contribution in [-0.2, 0) is 0 Å². The standard InChI is InChI=1S/C13H20N2S/c1-3-14-6-8-15(9-7-14)13-5-4-12(16)10-11(13)2/h4-5,10,16H,3,6-9H2,1-2H3. The summed E-state index contributed by atoms with van der Waals surface area (Å²) >= 11 is 4.37. The Morgan fingerprint density at radius 2 is 1.88 bits per heavy atom. The van der Waals surface area contributed by atoms with Gasteiger partial charge in [0.1, 0.15) is 0 Å². The summed E-state index contributed by atoms with van der Waals surface area (Å²) in [5.41, 5.74) is 2.70. The lowest BCUT2D eigenvalue weighted by Gasteiger charge is -2.36. The van der Waals surface area contributed by atoms with Crippen LogP contribution in [0, 0.1) is 6.92 Å². The van der Waals surface area contributed by atoms with E-state index < -0.39 is 0 Å². The van der Waals surface area contributed by atoms with Gasteiger partial charge in [0.05, 0.1) is 0 Å². The number of nitrogens with zero attached hydrogens (tertiary/aromatic N) is 2. The van der Waals surface area contributed by atoms with Crippen molar-refractivity contribution in [2.75, 3.05) is 37.6 Å². The van der Waals surface area contributed by atoms with Gasteiger partial charge in [0, 0.05) is 36.8 Å². The monoisotopic (exact) mass is 236 g/mol. The third-order valence-electron chi connectivity index (χ3n) is 3.34. The van der Waals surface area contributed by atoms with Crippen LogP contribution >= 0.6 is 12.6 Å². The Hall–Kier alpha value is -0.670. The quantitative estimate of drug-likeness (QED) is 0.788. The second-order valence-corrected chi connectivity index (χ2v) is 4.91. The lowest BCUT2D eigenvalue weighted by molar-refractivity contribution is 0.271. The first-order valence-electron chi connectivity index (χ1n) is 5.97. The van der Waals surface area contributed by atoms with Gasteiger partial charge in [-0.05, 0) is 37.2 Å². The van der Waals surface area contributed by atoms with Gasteiger partial charge in [-0.15, -0.1) is 12.6 Å². The second-order valence-electron chi connectivity index (χ2n) is 4.39. The number of benzene rings is 1. The molecule has 1 fully saturated rings. The van der Waals surface area contributed by atoms with Crippen molar-refractivity contribution >= 4 is 18.3 Å². The summed E-state index contributed by atoms with van der Waals surface area (Å²) in [6.07, 6.45) is 0. The van der Waals surface area contributed by atoms with Gasteiger partial charge in [-0.1, -0.05) is 6.92 Å². The lowest BCUT2D eigenvalue weighted by atomic mass is 10.1. The van der Waals surface area contributed by atoms with Gasteiger partial charge in [-0.25, -0.2) is 0 Å². The van der Waals surface area contributed by atoms with Gasteiger partial charge in [-0.2, -0.15) is 0 Å². The number of thiol groups is 1. The molecule has 2 nitrogen and oxygen atoms in total. The molecule has 1 aliphatic heterocycles. The van der Waals surface area contributed by atoms with Gasteiger partial charge in [0.25, 0.3) is 0 Å². The van der Waals surface area contributed by atoms with Gasteiger partial charge >= 0.3 is 0 Å². The molecule has 1 aromatic carbocycles. The van der Waals surface area contributed by atoms with E-state index in [4.69, 9.17) is 0 Å². The maximum atomic E-state index is 4.37. The molecule has 3 heteroatoms. The maximum Gasteiger partial charge on any atom is 0.0397 e. The molecule has 0 amide bonds. The summed E-state index contributed by atoms with van der Waals surface area (Å²) in [4.78, 5) is 6.03. The molecule has 0 bridgehead atoms. The van der Waals surface area contributed by atoms with E-state index in [-0.39, 0.29) is 0 Å². The Morgan fingerprint density at radius 3 is 2.44 bits per heavy atom. The van der Waals surface area contributed by atoms with Crippen molar-refractivity contribution in [2.24, 2.45) is 0 Å². The molecule has 88 valence electrons. The highest BCUT2D eigenvalue weighted by molar-refractivity contribution is 7.80. The molecule has 0 radical (unpaired) electrons. The van der Waals surface area contributed by atoms with Crippen molar-refractivity contribution in [2.45, 2.75) is 18.7 Å². The van der Waals surface area contributed by atoms with E-state index in [9.17, 15) is 0 Å². The highest BCUT2D eigenvalue weighted by Gasteiger charge is 2.16. The highest BCUT2D eigenvalue weighted by atomic mass is 32.1. The number of rotatable bonds is 2. The molecule has 0 saturated carbocycles. The zero-order valence-corrected chi connectivity index (χ0v) is 11.0. The first kappa shape index (κ1) is 11.8. The zero-order chi connectivity index (χ0) is 11.5. The number of piperazine rings is 1. The van der Waals surface area contributed by atoms with Crippen LogP contribution in [0.2, 0.25) is 0 Å². The molecule has 0 aromatic heterocycles. The normalized spacial score (nSPS) is 17.8. The summed E-state index contributed by atoms with van der Waals surface area (Å²) < 4.78 is 0. The van der Waals surface area contributed by atoms with Gasteiger partial charge in [0.15, 0.2) is 0 Å². The van der Waals surface area contributed by atoms with Crippen LogP contribution in [0.4, 0.5) is 5.69 Å². The van der Waals surface area contributed by atoms with Crippen LogP contribution in [0.1, 0.15) is 12.5 Å². The van der Waals surface area contributed by atoms with Crippen LogP contribution in [-0.4, -0.2) is 37.6 Å². The Bertz CT molecular complexity index is 357. The predicted octanol–water partition coefficient (Wildman–Crippen LogP) is 2.43. The second kappa shape index (κ2) is 5.11. The molecule has 0 aliphatic carbocycles. The third-order valence-corrected chi connectivity index (χ3v) is 3.62. The van der Waals surface area contributed by atoms with E-state index in [1.807, 2.05) is 0 Å². The van der Waals surface area contributed by atoms with Crippen LogP contribution in [0.25, 0.3) is 0 Å². The van der Waals surface area contributed by atoms with E-state index in [1.54, 1.807) is 0 Å².